The van der Waals surface area contributed by atoms with Gasteiger partial charge in [0.1, 0.15) is 0 Å². The number of ether oxygens (including phenoxy) is 1. The zero-order valence-electron chi connectivity index (χ0n) is 14.1. The van der Waals surface area contributed by atoms with E-state index in [4.69, 9.17) is 4.74 Å². The fraction of sp³-hybridized carbons (Fsp3) is 0.941. The molecule has 2 fully saturated rings. The highest BCUT2D eigenvalue weighted by Crippen LogP contribution is 2.28. The Morgan fingerprint density at radius 3 is 2.29 bits per heavy atom. The molecule has 0 atom stereocenters. The lowest BCUT2D eigenvalue weighted by Crippen LogP contribution is -2.62. The van der Waals surface area contributed by atoms with Crippen LogP contribution in [-0.2, 0) is 9.53 Å². The first-order valence-corrected chi connectivity index (χ1v) is 8.42. The number of nitrogens with one attached hydrogen (secondary N) is 2. The third-order valence-corrected chi connectivity index (χ3v) is 4.68. The van der Waals surface area contributed by atoms with Crippen molar-refractivity contribution in [2.45, 2.75) is 83.3 Å². The van der Waals surface area contributed by atoms with Crippen molar-refractivity contribution in [1.82, 2.24) is 10.6 Å². The Kier molecular flexibility index (Phi) is 5.31. The largest absolute Gasteiger partial charge is 0.381 e. The summed E-state index contributed by atoms with van der Waals surface area (Å²) in [6.07, 6.45) is 5.89. The van der Waals surface area contributed by atoms with Gasteiger partial charge in [-0.2, -0.15) is 0 Å². The summed E-state index contributed by atoms with van der Waals surface area (Å²) in [7, 11) is 0. The molecule has 1 amide bonds. The molecule has 4 heteroatoms. The average Bonchev–Trinajstić information content (AvgIpc) is 2.33. The van der Waals surface area contributed by atoms with Gasteiger partial charge in [0.05, 0.1) is 0 Å². The molecule has 0 aliphatic carbocycles. The summed E-state index contributed by atoms with van der Waals surface area (Å²) in [4.78, 5) is 12.2. The maximum absolute atomic E-state index is 12.2. The van der Waals surface area contributed by atoms with E-state index in [2.05, 4.69) is 38.3 Å². The number of hydrogen-bond acceptors (Lipinski definition) is 3. The SMILES string of the molecule is CC1(C)CC(NC(=O)CCC2CCOCC2)CC(C)(C)N1. The molecule has 2 heterocycles. The Hall–Kier alpha value is -0.610. The summed E-state index contributed by atoms with van der Waals surface area (Å²) in [5, 5.41) is 6.91. The highest BCUT2D eigenvalue weighted by atomic mass is 16.5. The van der Waals surface area contributed by atoms with Crippen LogP contribution in [0.1, 0.15) is 66.2 Å². The number of rotatable bonds is 4. The molecule has 0 unspecified atom stereocenters. The van der Waals surface area contributed by atoms with E-state index >= 15 is 0 Å². The van der Waals surface area contributed by atoms with Crippen LogP contribution in [0.2, 0.25) is 0 Å². The third-order valence-electron chi connectivity index (χ3n) is 4.68. The number of carbonyl (C=O) groups is 1. The van der Waals surface area contributed by atoms with E-state index in [9.17, 15) is 4.79 Å². The van der Waals surface area contributed by atoms with E-state index in [0.717, 1.165) is 45.3 Å². The molecule has 0 aromatic heterocycles. The molecular formula is C17H32N2O2. The van der Waals surface area contributed by atoms with Crippen LogP contribution in [0, 0.1) is 5.92 Å². The standard InChI is InChI=1S/C17H32N2O2/c1-16(2)11-14(12-17(3,4)19-16)18-15(20)6-5-13-7-9-21-10-8-13/h13-14,19H,5-12H2,1-4H3,(H,18,20). The number of piperidine rings is 1. The van der Waals surface area contributed by atoms with Crippen LogP contribution in [0.5, 0.6) is 0 Å². The molecule has 4 nitrogen and oxygen atoms in total. The van der Waals surface area contributed by atoms with Crippen molar-refractivity contribution in [2.75, 3.05) is 13.2 Å². The molecule has 2 rings (SSSR count). The van der Waals surface area contributed by atoms with Crippen molar-refractivity contribution in [3.8, 4) is 0 Å². The first-order valence-electron chi connectivity index (χ1n) is 8.42. The van der Waals surface area contributed by atoms with Gasteiger partial charge in [0.25, 0.3) is 0 Å². The first kappa shape index (κ1) is 16.8. The van der Waals surface area contributed by atoms with Crippen molar-refractivity contribution < 1.29 is 9.53 Å². The smallest absolute Gasteiger partial charge is 0.220 e. The average molecular weight is 296 g/mol. The summed E-state index contributed by atoms with van der Waals surface area (Å²) >= 11 is 0. The van der Waals surface area contributed by atoms with Crippen LogP contribution in [0.25, 0.3) is 0 Å². The number of carbonyl (C=O) groups excluding carboxylic acids is 1. The molecule has 122 valence electrons. The van der Waals surface area contributed by atoms with Gasteiger partial charge >= 0.3 is 0 Å². The molecule has 0 spiro atoms. The van der Waals surface area contributed by atoms with E-state index < -0.39 is 0 Å². The predicted octanol–water partition coefficient (Wildman–Crippen LogP) is 2.62. The molecular weight excluding hydrogens is 264 g/mol. The number of hydrogen-bond donors (Lipinski definition) is 2. The van der Waals surface area contributed by atoms with Gasteiger partial charge in [-0.1, -0.05) is 0 Å². The van der Waals surface area contributed by atoms with E-state index in [-0.39, 0.29) is 17.0 Å². The minimum absolute atomic E-state index is 0.0837. The molecule has 0 aromatic carbocycles. The lowest BCUT2D eigenvalue weighted by Gasteiger charge is -2.46. The van der Waals surface area contributed by atoms with E-state index in [0.29, 0.717) is 18.4 Å². The van der Waals surface area contributed by atoms with Gasteiger partial charge in [-0.25, -0.2) is 0 Å². The molecule has 0 aromatic rings. The Bertz CT molecular complexity index is 344. The van der Waals surface area contributed by atoms with Crippen molar-refractivity contribution >= 4 is 5.91 Å². The lowest BCUT2D eigenvalue weighted by molar-refractivity contribution is -0.122. The molecule has 2 aliphatic heterocycles. The summed E-state index contributed by atoms with van der Waals surface area (Å²) in [5.74, 6) is 0.894. The van der Waals surface area contributed by atoms with Crippen LogP contribution in [-0.4, -0.2) is 36.2 Å². The van der Waals surface area contributed by atoms with Crippen LogP contribution < -0.4 is 10.6 Å². The fourth-order valence-corrected chi connectivity index (χ4v) is 4.09. The Morgan fingerprint density at radius 1 is 1.14 bits per heavy atom. The van der Waals surface area contributed by atoms with Crippen molar-refractivity contribution in [3.05, 3.63) is 0 Å². The van der Waals surface area contributed by atoms with Crippen LogP contribution in [0.4, 0.5) is 0 Å². The molecule has 0 bridgehead atoms. The Balaban J connectivity index is 1.76. The van der Waals surface area contributed by atoms with Crippen LogP contribution in [0.15, 0.2) is 0 Å². The fourth-order valence-electron chi connectivity index (χ4n) is 4.09. The summed E-state index contributed by atoms with van der Waals surface area (Å²) < 4.78 is 5.37. The normalized spacial score (nSPS) is 26.5. The predicted molar refractivity (Wildman–Crippen MR) is 85.2 cm³/mol. The molecule has 21 heavy (non-hydrogen) atoms. The lowest BCUT2D eigenvalue weighted by atomic mass is 9.79. The maximum atomic E-state index is 12.2. The summed E-state index contributed by atoms with van der Waals surface area (Å²) in [6.45, 7) is 10.6. The highest BCUT2D eigenvalue weighted by molar-refractivity contribution is 5.76. The zero-order chi connectivity index (χ0) is 15.5. The third kappa shape index (κ3) is 5.59. The minimum Gasteiger partial charge on any atom is -0.381 e. The first-order chi connectivity index (χ1) is 9.76. The second-order valence-corrected chi connectivity index (χ2v) is 8.16. The maximum Gasteiger partial charge on any atom is 0.220 e. The Morgan fingerprint density at radius 2 is 1.71 bits per heavy atom. The van der Waals surface area contributed by atoms with Crippen LogP contribution in [0.3, 0.4) is 0 Å². The monoisotopic (exact) mass is 296 g/mol. The topological polar surface area (TPSA) is 50.4 Å². The second kappa shape index (κ2) is 6.66. The van der Waals surface area contributed by atoms with Crippen molar-refractivity contribution in [1.29, 1.82) is 0 Å². The highest BCUT2D eigenvalue weighted by Gasteiger charge is 2.38. The summed E-state index contributed by atoms with van der Waals surface area (Å²) in [6, 6.07) is 0.290. The van der Waals surface area contributed by atoms with Crippen molar-refractivity contribution in [2.24, 2.45) is 5.92 Å². The molecule has 2 N–H and O–H groups in total. The van der Waals surface area contributed by atoms with Crippen LogP contribution >= 0.6 is 0 Å². The molecule has 2 aliphatic rings. The minimum atomic E-state index is 0.0837. The Labute approximate surface area is 129 Å². The summed E-state index contributed by atoms with van der Waals surface area (Å²) in [5.41, 5.74) is 0.167. The number of amides is 1. The van der Waals surface area contributed by atoms with E-state index in [1.807, 2.05) is 0 Å². The molecule has 0 saturated carbocycles. The van der Waals surface area contributed by atoms with Gasteiger partial charge in [-0.3, -0.25) is 4.79 Å². The molecule has 0 radical (unpaired) electrons. The quantitative estimate of drug-likeness (QED) is 0.838. The van der Waals surface area contributed by atoms with E-state index in [1.165, 1.54) is 0 Å². The molecule has 2 saturated heterocycles. The van der Waals surface area contributed by atoms with Gasteiger partial charge in [0.2, 0.25) is 5.91 Å². The second-order valence-electron chi connectivity index (χ2n) is 8.16. The van der Waals surface area contributed by atoms with E-state index in [1.54, 1.807) is 0 Å². The van der Waals surface area contributed by atoms with Gasteiger partial charge in [-0.05, 0) is 65.7 Å². The van der Waals surface area contributed by atoms with Gasteiger partial charge in [0.15, 0.2) is 0 Å². The van der Waals surface area contributed by atoms with Crippen molar-refractivity contribution in [3.63, 3.8) is 0 Å². The van der Waals surface area contributed by atoms with Gasteiger partial charge in [-0.15, -0.1) is 0 Å². The van der Waals surface area contributed by atoms with Gasteiger partial charge < -0.3 is 15.4 Å². The zero-order valence-corrected chi connectivity index (χ0v) is 14.1. The van der Waals surface area contributed by atoms with Gasteiger partial charge in [0, 0.05) is 36.8 Å².